The molecule has 0 aromatic heterocycles. The lowest BCUT2D eigenvalue weighted by Gasteiger charge is -2.30. The average Bonchev–Trinajstić information content (AvgIpc) is 2.49. The van der Waals surface area contributed by atoms with Crippen molar-refractivity contribution in [1.82, 2.24) is 5.32 Å². The first kappa shape index (κ1) is 16.5. The Balaban J connectivity index is 2.55. The summed E-state index contributed by atoms with van der Waals surface area (Å²) < 4.78 is 0. The van der Waals surface area contributed by atoms with Gasteiger partial charge < -0.3 is 11.1 Å². The molecule has 0 saturated heterocycles. The Bertz CT molecular complexity index is 294. The van der Waals surface area contributed by atoms with Crippen molar-refractivity contribution < 1.29 is 4.79 Å². The third-order valence-corrected chi connectivity index (χ3v) is 4.58. The number of amides is 1. The summed E-state index contributed by atoms with van der Waals surface area (Å²) in [6, 6.07) is 0.267. The summed E-state index contributed by atoms with van der Waals surface area (Å²) >= 11 is 0. The van der Waals surface area contributed by atoms with Gasteiger partial charge in [-0.05, 0) is 42.9 Å². The van der Waals surface area contributed by atoms with Crippen LogP contribution in [-0.4, -0.2) is 18.0 Å². The van der Waals surface area contributed by atoms with Crippen LogP contribution in [0.3, 0.4) is 0 Å². The summed E-state index contributed by atoms with van der Waals surface area (Å²) in [5, 5.41) is 3.49. The maximum Gasteiger partial charge on any atom is 0.234 e. The highest BCUT2D eigenvalue weighted by atomic mass is 16.1. The third kappa shape index (κ3) is 5.13. The molecule has 0 aliphatic heterocycles. The monoisotopic (exact) mass is 268 g/mol. The van der Waals surface area contributed by atoms with Gasteiger partial charge in [-0.1, -0.05) is 41.0 Å². The van der Waals surface area contributed by atoms with Crippen molar-refractivity contribution in [2.24, 2.45) is 23.0 Å². The molecular formula is C16H32N2O. The molecule has 1 aliphatic carbocycles. The third-order valence-electron chi connectivity index (χ3n) is 4.58. The van der Waals surface area contributed by atoms with Gasteiger partial charge >= 0.3 is 0 Å². The van der Waals surface area contributed by atoms with Crippen molar-refractivity contribution in [3.63, 3.8) is 0 Å². The van der Waals surface area contributed by atoms with Crippen molar-refractivity contribution in [1.29, 1.82) is 0 Å². The number of hydrogen-bond acceptors (Lipinski definition) is 2. The molecule has 1 aliphatic rings. The molecule has 0 aromatic rings. The van der Waals surface area contributed by atoms with Gasteiger partial charge in [0.15, 0.2) is 0 Å². The first-order valence-electron chi connectivity index (χ1n) is 7.77. The van der Waals surface area contributed by atoms with E-state index in [0.29, 0.717) is 11.5 Å². The maximum absolute atomic E-state index is 11.5. The fraction of sp³-hybridized carbons (Fsp3) is 0.938. The van der Waals surface area contributed by atoms with Crippen LogP contribution in [0, 0.1) is 17.3 Å². The lowest BCUT2D eigenvalue weighted by atomic mass is 9.76. The van der Waals surface area contributed by atoms with Gasteiger partial charge in [0.25, 0.3) is 0 Å². The maximum atomic E-state index is 11.5. The fourth-order valence-corrected chi connectivity index (χ4v) is 3.19. The van der Waals surface area contributed by atoms with E-state index in [2.05, 4.69) is 39.9 Å². The summed E-state index contributed by atoms with van der Waals surface area (Å²) in [5.74, 6) is 0.844. The van der Waals surface area contributed by atoms with Gasteiger partial charge in [-0.25, -0.2) is 0 Å². The molecule has 3 heteroatoms. The van der Waals surface area contributed by atoms with E-state index in [9.17, 15) is 4.79 Å². The van der Waals surface area contributed by atoms with Crippen LogP contribution >= 0.6 is 0 Å². The van der Waals surface area contributed by atoms with Crippen molar-refractivity contribution in [2.75, 3.05) is 0 Å². The molecule has 1 fully saturated rings. The number of hydrogen-bond donors (Lipinski definition) is 2. The first-order chi connectivity index (χ1) is 8.71. The molecule has 0 radical (unpaired) electrons. The zero-order valence-corrected chi connectivity index (χ0v) is 13.3. The second kappa shape index (κ2) is 6.74. The molecule has 1 amide bonds. The Labute approximate surface area is 118 Å². The summed E-state index contributed by atoms with van der Waals surface area (Å²) in [6.07, 6.45) is 6.15. The topological polar surface area (TPSA) is 55.1 Å². The van der Waals surface area contributed by atoms with Crippen LogP contribution in [0.15, 0.2) is 0 Å². The zero-order chi connectivity index (χ0) is 14.6. The van der Waals surface area contributed by atoms with Gasteiger partial charge in [-0.3, -0.25) is 4.79 Å². The zero-order valence-electron chi connectivity index (χ0n) is 13.3. The lowest BCUT2D eigenvalue weighted by molar-refractivity contribution is -0.121. The second-order valence-corrected chi connectivity index (χ2v) is 7.56. The largest absolute Gasteiger partial charge is 0.368 e. The summed E-state index contributed by atoms with van der Waals surface area (Å²) in [6.45, 7) is 11.1. The van der Waals surface area contributed by atoms with Crippen LogP contribution in [0.4, 0.5) is 0 Å². The minimum Gasteiger partial charge on any atom is -0.368 e. The van der Waals surface area contributed by atoms with Crippen molar-refractivity contribution in [3.8, 4) is 0 Å². The molecule has 0 spiro atoms. The van der Waals surface area contributed by atoms with Crippen LogP contribution in [-0.2, 0) is 4.79 Å². The summed E-state index contributed by atoms with van der Waals surface area (Å²) in [4.78, 5) is 11.5. The van der Waals surface area contributed by atoms with Crippen molar-refractivity contribution in [2.45, 2.75) is 78.8 Å². The van der Waals surface area contributed by atoms with Crippen LogP contribution in [0.25, 0.3) is 0 Å². The molecule has 112 valence electrons. The number of carbonyl (C=O) groups excluding carboxylic acids is 1. The number of nitrogens with two attached hydrogens (primary N) is 1. The van der Waals surface area contributed by atoms with Gasteiger partial charge in [0, 0.05) is 6.04 Å². The lowest BCUT2D eigenvalue weighted by Crippen LogP contribution is -2.49. The van der Waals surface area contributed by atoms with E-state index in [1.165, 1.54) is 32.1 Å². The van der Waals surface area contributed by atoms with Gasteiger partial charge in [0.05, 0.1) is 6.04 Å². The van der Waals surface area contributed by atoms with Crippen LogP contribution in [0.2, 0.25) is 0 Å². The molecule has 1 rings (SSSR count). The van der Waals surface area contributed by atoms with Crippen molar-refractivity contribution in [3.05, 3.63) is 0 Å². The van der Waals surface area contributed by atoms with Gasteiger partial charge in [-0.15, -0.1) is 0 Å². The molecule has 0 heterocycles. The van der Waals surface area contributed by atoms with E-state index in [4.69, 9.17) is 5.73 Å². The number of primary amides is 1. The molecule has 3 unspecified atom stereocenters. The number of nitrogens with one attached hydrogen (secondary N) is 1. The number of rotatable bonds is 4. The van der Waals surface area contributed by atoms with E-state index in [-0.39, 0.29) is 17.9 Å². The second-order valence-electron chi connectivity index (χ2n) is 7.56. The highest BCUT2D eigenvalue weighted by molar-refractivity contribution is 5.80. The quantitative estimate of drug-likeness (QED) is 0.770. The van der Waals surface area contributed by atoms with Gasteiger partial charge in [0.2, 0.25) is 5.91 Å². The standard InChI is InChI=1S/C16H32N2O/c1-11(2)14(15(17)19)18-13-8-6-7-12(9-10-13)16(3,4)5/h11-14,18H,6-10H2,1-5H3,(H2,17,19). The minimum atomic E-state index is -0.216. The molecule has 0 bridgehead atoms. The number of carbonyl (C=O) groups is 1. The van der Waals surface area contributed by atoms with E-state index < -0.39 is 0 Å². The van der Waals surface area contributed by atoms with E-state index >= 15 is 0 Å². The predicted octanol–water partition coefficient (Wildman–Crippen LogP) is 3.08. The average molecular weight is 268 g/mol. The molecule has 1 saturated carbocycles. The van der Waals surface area contributed by atoms with Gasteiger partial charge in [0.1, 0.15) is 0 Å². The van der Waals surface area contributed by atoms with Crippen LogP contribution in [0.5, 0.6) is 0 Å². The Hall–Kier alpha value is -0.570. The van der Waals surface area contributed by atoms with Crippen LogP contribution < -0.4 is 11.1 Å². The van der Waals surface area contributed by atoms with Gasteiger partial charge in [-0.2, -0.15) is 0 Å². The highest BCUT2D eigenvalue weighted by Gasteiger charge is 2.29. The molecule has 3 nitrogen and oxygen atoms in total. The van der Waals surface area contributed by atoms with Crippen molar-refractivity contribution >= 4 is 5.91 Å². The van der Waals surface area contributed by atoms with Crippen LogP contribution in [0.1, 0.15) is 66.7 Å². The summed E-state index contributed by atoms with van der Waals surface area (Å²) in [5.41, 5.74) is 5.89. The smallest absolute Gasteiger partial charge is 0.234 e. The summed E-state index contributed by atoms with van der Waals surface area (Å²) in [7, 11) is 0. The molecule has 0 aromatic carbocycles. The Morgan fingerprint density at radius 1 is 1.16 bits per heavy atom. The highest BCUT2D eigenvalue weighted by Crippen LogP contribution is 2.36. The normalized spacial score (nSPS) is 27.1. The fourth-order valence-electron chi connectivity index (χ4n) is 3.19. The molecule has 3 atom stereocenters. The Kier molecular flexibility index (Phi) is 5.84. The molecular weight excluding hydrogens is 236 g/mol. The van der Waals surface area contributed by atoms with E-state index in [1.54, 1.807) is 0 Å². The minimum absolute atomic E-state index is 0.184. The van der Waals surface area contributed by atoms with E-state index in [0.717, 1.165) is 5.92 Å². The Morgan fingerprint density at radius 3 is 2.26 bits per heavy atom. The SMILES string of the molecule is CC(C)C(NC1CCCC(C(C)(C)C)CC1)C(N)=O. The first-order valence-corrected chi connectivity index (χ1v) is 7.77. The van der Waals surface area contributed by atoms with E-state index in [1.807, 2.05) is 0 Å². The Morgan fingerprint density at radius 2 is 1.79 bits per heavy atom. The molecule has 3 N–H and O–H groups in total. The predicted molar refractivity (Wildman–Crippen MR) is 80.8 cm³/mol. The molecule has 19 heavy (non-hydrogen) atoms.